The van der Waals surface area contributed by atoms with Gasteiger partial charge in [0.15, 0.2) is 0 Å². The summed E-state index contributed by atoms with van der Waals surface area (Å²) in [5.74, 6) is 0. The van der Waals surface area contributed by atoms with Gasteiger partial charge in [-0.25, -0.2) is 4.79 Å². The van der Waals surface area contributed by atoms with Crippen LogP contribution in [0.1, 0.15) is 86.0 Å². The average Bonchev–Trinajstić information content (AvgIpc) is 2.43. The minimum Gasteiger partial charge on any atom is -0.446 e. The first kappa shape index (κ1) is 20.3. The van der Waals surface area contributed by atoms with Crippen molar-refractivity contribution in [3.05, 3.63) is 0 Å². The summed E-state index contributed by atoms with van der Waals surface area (Å²) in [5.41, 5.74) is 0.119. The van der Waals surface area contributed by atoms with E-state index >= 15 is 0 Å². The van der Waals surface area contributed by atoms with Crippen molar-refractivity contribution >= 4 is 6.09 Å². The molecular weight excluding hydrogens is 288 g/mol. The molecule has 0 aromatic heterocycles. The number of hydrogen-bond acceptors (Lipinski definition) is 3. The van der Waals surface area contributed by atoms with Crippen molar-refractivity contribution in [3.63, 3.8) is 0 Å². The minimum atomic E-state index is -0.314. The number of rotatable bonds is 8. The summed E-state index contributed by atoms with van der Waals surface area (Å²) >= 11 is 0. The maximum Gasteiger partial charge on any atom is 0.407 e. The van der Waals surface area contributed by atoms with Gasteiger partial charge in [-0.15, -0.1) is 0 Å². The first-order chi connectivity index (χ1) is 10.7. The Labute approximate surface area is 143 Å². The number of ether oxygens (including phenoxy) is 1. The average molecular weight is 327 g/mol. The molecule has 0 radical (unpaired) electrons. The molecule has 0 atom stereocenters. The Bertz CT molecular complexity index is 348. The number of amides is 1. The summed E-state index contributed by atoms with van der Waals surface area (Å²) in [5, 5.41) is 2.56. The van der Waals surface area contributed by atoms with Crippen molar-refractivity contribution < 1.29 is 9.53 Å². The van der Waals surface area contributed by atoms with Gasteiger partial charge >= 0.3 is 6.09 Å². The number of alkyl carbamates (subject to hydrolysis) is 1. The lowest BCUT2D eigenvalue weighted by Crippen LogP contribution is -2.62. The molecule has 1 N–H and O–H groups in total. The van der Waals surface area contributed by atoms with Gasteiger partial charge in [-0.2, -0.15) is 0 Å². The number of piperidine rings is 1. The molecule has 1 aliphatic heterocycles. The van der Waals surface area contributed by atoms with E-state index in [1.165, 1.54) is 38.5 Å². The molecule has 0 aliphatic carbocycles. The maximum absolute atomic E-state index is 11.5. The van der Waals surface area contributed by atoms with Crippen LogP contribution in [0, 0.1) is 0 Å². The Morgan fingerprint density at radius 1 is 1.04 bits per heavy atom. The molecule has 0 bridgehead atoms. The molecule has 136 valence electrons. The molecule has 0 unspecified atom stereocenters. The first-order valence-electron chi connectivity index (χ1n) is 9.39. The standard InChI is InChI=1S/C19H38N2O2/c1-7-8-9-10-11-12-13-21-18(2,3)14-16(15-19(21,4)5)23-17(22)20-6/h16H,7-15H2,1-6H3,(H,20,22). The van der Waals surface area contributed by atoms with Gasteiger partial charge in [0.25, 0.3) is 0 Å². The molecule has 4 heteroatoms. The van der Waals surface area contributed by atoms with E-state index in [0.29, 0.717) is 0 Å². The summed E-state index contributed by atoms with van der Waals surface area (Å²) < 4.78 is 5.55. The number of nitrogens with one attached hydrogen (secondary N) is 1. The van der Waals surface area contributed by atoms with Gasteiger partial charge in [-0.3, -0.25) is 4.90 Å². The van der Waals surface area contributed by atoms with Crippen LogP contribution >= 0.6 is 0 Å². The highest BCUT2D eigenvalue weighted by molar-refractivity contribution is 5.66. The third kappa shape index (κ3) is 6.33. The number of carbonyl (C=O) groups excluding carboxylic acids is 1. The van der Waals surface area contributed by atoms with Crippen LogP contribution in [0.4, 0.5) is 4.79 Å². The Morgan fingerprint density at radius 3 is 2.09 bits per heavy atom. The van der Waals surface area contributed by atoms with Gasteiger partial charge in [-0.05, 0) is 40.7 Å². The molecule has 0 saturated carbocycles. The predicted octanol–water partition coefficient (Wildman–Crippen LogP) is 4.72. The third-order valence-corrected chi connectivity index (χ3v) is 5.13. The fraction of sp³-hybridized carbons (Fsp3) is 0.947. The van der Waals surface area contributed by atoms with E-state index in [2.05, 4.69) is 44.8 Å². The zero-order valence-corrected chi connectivity index (χ0v) is 16.2. The van der Waals surface area contributed by atoms with Crippen molar-refractivity contribution in [2.75, 3.05) is 13.6 Å². The van der Waals surface area contributed by atoms with Gasteiger partial charge in [0, 0.05) is 31.0 Å². The van der Waals surface area contributed by atoms with E-state index in [-0.39, 0.29) is 23.3 Å². The van der Waals surface area contributed by atoms with Gasteiger partial charge in [0.05, 0.1) is 0 Å². The highest BCUT2D eigenvalue weighted by atomic mass is 16.6. The van der Waals surface area contributed by atoms with Crippen LogP contribution in [0.5, 0.6) is 0 Å². The Kier molecular flexibility index (Phi) is 7.85. The van der Waals surface area contributed by atoms with E-state index in [1.54, 1.807) is 7.05 Å². The van der Waals surface area contributed by atoms with Crippen molar-refractivity contribution in [2.24, 2.45) is 0 Å². The monoisotopic (exact) mass is 326 g/mol. The van der Waals surface area contributed by atoms with E-state index in [1.807, 2.05) is 0 Å². The van der Waals surface area contributed by atoms with Gasteiger partial charge in [-0.1, -0.05) is 39.0 Å². The minimum absolute atomic E-state index is 0.000698. The van der Waals surface area contributed by atoms with E-state index < -0.39 is 0 Å². The molecule has 1 rings (SSSR count). The quantitative estimate of drug-likeness (QED) is 0.656. The van der Waals surface area contributed by atoms with Gasteiger partial charge < -0.3 is 10.1 Å². The fourth-order valence-corrected chi connectivity index (χ4v) is 4.18. The largest absolute Gasteiger partial charge is 0.446 e. The van der Waals surface area contributed by atoms with E-state index in [0.717, 1.165) is 19.4 Å². The highest BCUT2D eigenvalue weighted by Gasteiger charge is 2.46. The number of likely N-dealkylation sites (tertiary alicyclic amines) is 1. The fourth-order valence-electron chi connectivity index (χ4n) is 4.18. The number of nitrogens with zero attached hydrogens (tertiary/aromatic N) is 1. The number of carbonyl (C=O) groups is 1. The summed E-state index contributed by atoms with van der Waals surface area (Å²) in [6, 6.07) is 0. The molecule has 1 saturated heterocycles. The van der Waals surface area contributed by atoms with Crippen LogP contribution in [0.15, 0.2) is 0 Å². The molecular formula is C19H38N2O2. The maximum atomic E-state index is 11.5. The number of unbranched alkanes of at least 4 members (excludes halogenated alkanes) is 5. The number of hydrogen-bond donors (Lipinski definition) is 1. The second-order valence-electron chi connectivity index (χ2n) is 8.23. The third-order valence-electron chi connectivity index (χ3n) is 5.13. The lowest BCUT2D eigenvalue weighted by atomic mass is 9.78. The van der Waals surface area contributed by atoms with E-state index in [4.69, 9.17) is 4.74 Å². The highest BCUT2D eigenvalue weighted by Crippen LogP contribution is 2.39. The second-order valence-corrected chi connectivity index (χ2v) is 8.23. The first-order valence-corrected chi connectivity index (χ1v) is 9.39. The normalized spacial score (nSPS) is 21.1. The lowest BCUT2D eigenvalue weighted by molar-refractivity contribution is -0.0836. The summed E-state index contributed by atoms with van der Waals surface area (Å²) in [4.78, 5) is 14.2. The van der Waals surface area contributed by atoms with Crippen LogP contribution in [0.2, 0.25) is 0 Å². The van der Waals surface area contributed by atoms with Gasteiger partial charge in [0.2, 0.25) is 0 Å². The summed E-state index contributed by atoms with van der Waals surface area (Å²) in [7, 11) is 1.62. The zero-order valence-electron chi connectivity index (χ0n) is 16.2. The second kappa shape index (κ2) is 8.91. The summed E-state index contributed by atoms with van der Waals surface area (Å²) in [6.07, 6.45) is 9.46. The Hall–Kier alpha value is -0.770. The summed E-state index contributed by atoms with van der Waals surface area (Å²) in [6.45, 7) is 12.5. The lowest BCUT2D eigenvalue weighted by Gasteiger charge is -2.55. The Balaban J connectivity index is 2.54. The topological polar surface area (TPSA) is 41.6 Å². The SMILES string of the molecule is CCCCCCCCN1C(C)(C)CC(OC(=O)NC)CC1(C)C. The van der Waals surface area contributed by atoms with Crippen molar-refractivity contribution in [1.29, 1.82) is 0 Å². The Morgan fingerprint density at radius 2 is 1.57 bits per heavy atom. The molecule has 1 heterocycles. The van der Waals surface area contributed by atoms with Crippen molar-refractivity contribution in [3.8, 4) is 0 Å². The van der Waals surface area contributed by atoms with Crippen LogP contribution in [-0.4, -0.2) is 41.8 Å². The van der Waals surface area contributed by atoms with Crippen LogP contribution in [0.3, 0.4) is 0 Å². The molecule has 0 aromatic carbocycles. The molecule has 0 spiro atoms. The van der Waals surface area contributed by atoms with Crippen molar-refractivity contribution in [1.82, 2.24) is 10.2 Å². The van der Waals surface area contributed by atoms with Crippen LogP contribution < -0.4 is 5.32 Å². The smallest absolute Gasteiger partial charge is 0.407 e. The molecule has 4 nitrogen and oxygen atoms in total. The molecule has 0 aromatic rings. The zero-order chi connectivity index (χ0) is 17.5. The predicted molar refractivity (Wildman–Crippen MR) is 96.8 cm³/mol. The van der Waals surface area contributed by atoms with Crippen LogP contribution in [0.25, 0.3) is 0 Å². The molecule has 1 fully saturated rings. The van der Waals surface area contributed by atoms with Gasteiger partial charge in [0.1, 0.15) is 6.10 Å². The molecule has 1 amide bonds. The van der Waals surface area contributed by atoms with Crippen molar-refractivity contribution in [2.45, 2.75) is 103 Å². The molecule has 23 heavy (non-hydrogen) atoms. The van der Waals surface area contributed by atoms with Crippen LogP contribution in [-0.2, 0) is 4.74 Å². The molecule has 1 aliphatic rings. The van der Waals surface area contributed by atoms with E-state index in [9.17, 15) is 4.79 Å².